The van der Waals surface area contributed by atoms with Gasteiger partial charge < -0.3 is 9.73 Å². The van der Waals surface area contributed by atoms with Gasteiger partial charge in [-0.2, -0.15) is 0 Å². The fourth-order valence-corrected chi connectivity index (χ4v) is 2.38. The summed E-state index contributed by atoms with van der Waals surface area (Å²) in [5.41, 5.74) is 1.29. The van der Waals surface area contributed by atoms with Crippen LogP contribution < -0.4 is 10.9 Å². The lowest BCUT2D eigenvalue weighted by molar-refractivity contribution is 0.102. The minimum Gasteiger partial charge on any atom is -0.423 e. The smallest absolute Gasteiger partial charge is 0.336 e. The number of hydrogen-bond acceptors (Lipinski definition) is 3. The molecule has 1 amide bonds. The first-order chi connectivity index (χ1) is 10.1. The monoisotopic (exact) mass is 343 g/mol. The average molecular weight is 344 g/mol. The molecule has 0 aliphatic carbocycles. The number of carbonyl (C=O) groups excluding carboxylic acids is 1. The second-order valence-electron chi connectivity index (χ2n) is 4.47. The topological polar surface area (TPSA) is 59.3 Å². The summed E-state index contributed by atoms with van der Waals surface area (Å²) in [6.07, 6.45) is 0. The minimum absolute atomic E-state index is 0.201. The maximum absolute atomic E-state index is 12.2. The molecule has 3 aromatic rings. The second-order valence-corrected chi connectivity index (χ2v) is 5.39. The molecule has 0 saturated heterocycles. The van der Waals surface area contributed by atoms with Gasteiger partial charge in [0.15, 0.2) is 0 Å². The van der Waals surface area contributed by atoms with Gasteiger partial charge in [0.05, 0.1) is 0 Å². The van der Waals surface area contributed by atoms with E-state index in [-0.39, 0.29) is 5.91 Å². The Kier molecular flexibility index (Phi) is 3.58. The van der Waals surface area contributed by atoms with Crippen LogP contribution in [-0.4, -0.2) is 5.91 Å². The van der Waals surface area contributed by atoms with Crippen LogP contribution in [0.2, 0.25) is 0 Å². The van der Waals surface area contributed by atoms with E-state index < -0.39 is 5.63 Å². The van der Waals surface area contributed by atoms with Crippen molar-refractivity contribution in [3.63, 3.8) is 0 Å². The van der Waals surface area contributed by atoms with E-state index in [4.69, 9.17) is 4.42 Å². The zero-order valence-electron chi connectivity index (χ0n) is 10.8. The van der Waals surface area contributed by atoms with Gasteiger partial charge in [0.2, 0.25) is 0 Å². The third-order valence-corrected chi connectivity index (χ3v) is 3.46. The predicted octanol–water partition coefficient (Wildman–Crippen LogP) is 3.81. The molecular formula is C16H10BrNO3. The average Bonchev–Trinajstić information content (AvgIpc) is 2.47. The van der Waals surface area contributed by atoms with E-state index in [1.165, 1.54) is 6.07 Å². The molecule has 0 saturated carbocycles. The summed E-state index contributed by atoms with van der Waals surface area (Å²) in [7, 11) is 0. The van der Waals surface area contributed by atoms with Gasteiger partial charge in [-0.3, -0.25) is 4.79 Å². The molecule has 2 aromatic carbocycles. The van der Waals surface area contributed by atoms with Crippen LogP contribution >= 0.6 is 15.9 Å². The molecule has 0 radical (unpaired) electrons. The minimum atomic E-state index is -0.395. The lowest BCUT2D eigenvalue weighted by atomic mass is 10.2. The summed E-state index contributed by atoms with van der Waals surface area (Å²) < 4.78 is 5.89. The van der Waals surface area contributed by atoms with E-state index in [0.717, 1.165) is 9.86 Å². The second kappa shape index (κ2) is 5.54. The van der Waals surface area contributed by atoms with Crippen molar-refractivity contribution >= 4 is 38.5 Å². The zero-order chi connectivity index (χ0) is 14.8. The third-order valence-electron chi connectivity index (χ3n) is 2.96. The van der Waals surface area contributed by atoms with Crippen LogP contribution in [0.5, 0.6) is 0 Å². The van der Waals surface area contributed by atoms with Gasteiger partial charge in [0.25, 0.3) is 5.91 Å². The van der Waals surface area contributed by atoms with Gasteiger partial charge in [-0.05, 0) is 42.5 Å². The van der Waals surface area contributed by atoms with E-state index in [0.29, 0.717) is 16.8 Å². The van der Waals surface area contributed by atoms with Crippen LogP contribution in [0.25, 0.3) is 11.0 Å². The largest absolute Gasteiger partial charge is 0.423 e. The predicted molar refractivity (Wildman–Crippen MR) is 84.6 cm³/mol. The molecule has 0 unspecified atom stereocenters. The molecule has 5 heteroatoms. The third kappa shape index (κ3) is 3.03. The molecule has 4 nitrogen and oxygen atoms in total. The Bertz CT molecular complexity index is 886. The Labute approximate surface area is 128 Å². The van der Waals surface area contributed by atoms with Gasteiger partial charge in [0, 0.05) is 27.2 Å². The molecule has 0 aliphatic heterocycles. The van der Waals surface area contributed by atoms with Crippen LogP contribution in [0.1, 0.15) is 10.4 Å². The number of hydrogen-bond donors (Lipinski definition) is 1. The Balaban J connectivity index is 1.89. The summed E-state index contributed by atoms with van der Waals surface area (Å²) >= 11 is 3.33. The Hall–Kier alpha value is -2.40. The number of rotatable bonds is 2. The van der Waals surface area contributed by atoms with E-state index in [1.807, 2.05) is 6.07 Å². The van der Waals surface area contributed by atoms with E-state index in [1.54, 1.807) is 42.5 Å². The first kappa shape index (κ1) is 13.6. The molecule has 3 rings (SSSR count). The van der Waals surface area contributed by atoms with Crippen molar-refractivity contribution in [2.45, 2.75) is 0 Å². The highest BCUT2D eigenvalue weighted by Gasteiger charge is 2.07. The van der Waals surface area contributed by atoms with Crippen molar-refractivity contribution in [1.82, 2.24) is 0 Å². The molecule has 1 N–H and O–H groups in total. The molecule has 0 spiro atoms. The van der Waals surface area contributed by atoms with Gasteiger partial charge in [-0.15, -0.1) is 0 Å². The highest BCUT2D eigenvalue weighted by Crippen LogP contribution is 2.19. The quantitative estimate of drug-likeness (QED) is 0.719. The van der Waals surface area contributed by atoms with Gasteiger partial charge in [-0.25, -0.2) is 4.79 Å². The fourth-order valence-electron chi connectivity index (χ4n) is 1.98. The molecule has 104 valence electrons. The highest BCUT2D eigenvalue weighted by molar-refractivity contribution is 9.10. The summed E-state index contributed by atoms with van der Waals surface area (Å²) in [6, 6.07) is 15.3. The normalized spacial score (nSPS) is 10.5. The first-order valence-electron chi connectivity index (χ1n) is 6.23. The van der Waals surface area contributed by atoms with Crippen molar-refractivity contribution < 1.29 is 9.21 Å². The Morgan fingerprint density at radius 3 is 2.71 bits per heavy atom. The summed E-state index contributed by atoms with van der Waals surface area (Å²) in [5.74, 6) is -0.201. The van der Waals surface area contributed by atoms with Crippen LogP contribution in [0.4, 0.5) is 5.69 Å². The molecule has 0 aliphatic rings. The number of carbonyl (C=O) groups is 1. The van der Waals surface area contributed by atoms with Gasteiger partial charge in [-0.1, -0.05) is 22.0 Å². The molecule has 0 fully saturated rings. The molecule has 1 heterocycles. The van der Waals surface area contributed by atoms with Gasteiger partial charge in [0.1, 0.15) is 5.58 Å². The van der Waals surface area contributed by atoms with E-state index in [9.17, 15) is 9.59 Å². The summed E-state index contributed by atoms with van der Waals surface area (Å²) in [5, 5.41) is 3.56. The van der Waals surface area contributed by atoms with Crippen molar-refractivity contribution in [2.24, 2.45) is 0 Å². The summed E-state index contributed by atoms with van der Waals surface area (Å²) in [6.45, 7) is 0. The zero-order valence-corrected chi connectivity index (χ0v) is 12.4. The fraction of sp³-hybridized carbons (Fsp3) is 0. The van der Waals surface area contributed by atoms with Crippen molar-refractivity contribution in [1.29, 1.82) is 0 Å². The van der Waals surface area contributed by atoms with Crippen molar-refractivity contribution in [3.05, 3.63) is 75.1 Å². The van der Waals surface area contributed by atoms with Crippen molar-refractivity contribution in [3.8, 4) is 0 Å². The molecule has 21 heavy (non-hydrogen) atoms. The maximum Gasteiger partial charge on any atom is 0.336 e. The lowest BCUT2D eigenvalue weighted by Gasteiger charge is -2.06. The summed E-state index contributed by atoms with van der Waals surface area (Å²) in [4.78, 5) is 23.3. The standard InChI is InChI=1S/C16H10BrNO3/c17-12-3-1-2-11(8-12)16(20)18-13-5-6-14-10(9-13)4-7-15(19)21-14/h1-9H,(H,18,20). The maximum atomic E-state index is 12.2. The lowest BCUT2D eigenvalue weighted by Crippen LogP contribution is -2.11. The molecule has 0 bridgehead atoms. The Morgan fingerprint density at radius 2 is 1.90 bits per heavy atom. The molecule has 0 atom stereocenters. The molecule has 1 aromatic heterocycles. The van der Waals surface area contributed by atoms with Crippen LogP contribution in [0.15, 0.2) is 68.3 Å². The first-order valence-corrected chi connectivity index (χ1v) is 7.02. The number of anilines is 1. The van der Waals surface area contributed by atoms with Crippen LogP contribution in [0.3, 0.4) is 0 Å². The van der Waals surface area contributed by atoms with E-state index >= 15 is 0 Å². The number of fused-ring (bicyclic) bond motifs is 1. The number of benzene rings is 2. The van der Waals surface area contributed by atoms with Crippen molar-refractivity contribution in [2.75, 3.05) is 5.32 Å². The number of amides is 1. The Morgan fingerprint density at radius 1 is 1.05 bits per heavy atom. The number of halogens is 1. The van der Waals surface area contributed by atoms with Crippen LogP contribution in [-0.2, 0) is 0 Å². The highest BCUT2D eigenvalue weighted by atomic mass is 79.9. The number of nitrogens with one attached hydrogen (secondary N) is 1. The SMILES string of the molecule is O=C(Nc1ccc2oc(=O)ccc2c1)c1cccc(Br)c1. The van der Waals surface area contributed by atoms with Gasteiger partial charge >= 0.3 is 5.63 Å². The molecular weight excluding hydrogens is 334 g/mol. The van der Waals surface area contributed by atoms with Crippen LogP contribution in [0, 0.1) is 0 Å². The van der Waals surface area contributed by atoms with E-state index in [2.05, 4.69) is 21.2 Å².